The van der Waals surface area contributed by atoms with E-state index in [1.54, 1.807) is 6.07 Å². The lowest BCUT2D eigenvalue weighted by Gasteiger charge is -2.18. The number of hydrogen-bond donors (Lipinski definition) is 2. The molecule has 2 unspecified atom stereocenters. The molecule has 0 saturated heterocycles. The van der Waals surface area contributed by atoms with Gasteiger partial charge in [0.25, 0.3) is 0 Å². The molecule has 3 nitrogen and oxygen atoms in total. The molecule has 0 aromatic heterocycles. The maximum atomic E-state index is 13.0. The number of hydrogen-bond acceptors (Lipinski definition) is 2. The number of carbonyl (C=O) groups is 1. The molecule has 4 heteroatoms. The summed E-state index contributed by atoms with van der Waals surface area (Å²) in [5.41, 5.74) is 0.834. The fraction of sp³-hybridized carbons (Fsp3) is 0.533. The number of nitrogens with one attached hydrogen (secondary N) is 2. The summed E-state index contributed by atoms with van der Waals surface area (Å²) in [4.78, 5) is 11.9. The summed E-state index contributed by atoms with van der Waals surface area (Å²) in [5.74, 6) is -0.273. The molecule has 106 valence electrons. The molecule has 0 spiro atoms. The van der Waals surface area contributed by atoms with Crippen molar-refractivity contribution in [3.63, 3.8) is 0 Å². The van der Waals surface area contributed by atoms with Crippen LogP contribution in [0.4, 0.5) is 4.39 Å². The van der Waals surface area contributed by atoms with Crippen molar-refractivity contribution >= 4 is 5.91 Å². The smallest absolute Gasteiger partial charge is 0.237 e. The maximum absolute atomic E-state index is 13.0. The van der Waals surface area contributed by atoms with Gasteiger partial charge in [0.05, 0.1) is 6.04 Å². The van der Waals surface area contributed by atoms with E-state index in [2.05, 4.69) is 17.6 Å². The van der Waals surface area contributed by atoms with Gasteiger partial charge in [0.1, 0.15) is 5.82 Å². The van der Waals surface area contributed by atoms with Crippen molar-refractivity contribution in [1.82, 2.24) is 10.6 Å². The average Bonchev–Trinajstić information content (AvgIpc) is 2.36. The van der Waals surface area contributed by atoms with Gasteiger partial charge in [-0.1, -0.05) is 25.5 Å². The minimum Gasteiger partial charge on any atom is -0.352 e. The topological polar surface area (TPSA) is 41.1 Å². The van der Waals surface area contributed by atoms with Crippen LogP contribution in [0.1, 0.15) is 39.2 Å². The van der Waals surface area contributed by atoms with Crippen molar-refractivity contribution in [3.8, 4) is 0 Å². The molecule has 0 saturated carbocycles. The first-order valence-electron chi connectivity index (χ1n) is 6.81. The molecule has 1 aromatic carbocycles. The van der Waals surface area contributed by atoms with E-state index in [4.69, 9.17) is 0 Å². The van der Waals surface area contributed by atoms with Crippen LogP contribution in [0, 0.1) is 5.82 Å². The molecule has 0 aliphatic carbocycles. The first-order chi connectivity index (χ1) is 9.02. The standard InChI is InChI=1S/C15H23FN2O/c1-4-6-11(2)18-15(19)12(3)17-10-13-7-5-8-14(16)9-13/h5,7-9,11-12,17H,4,6,10H2,1-3H3,(H,18,19). The first kappa shape index (κ1) is 15.6. The number of rotatable bonds is 7. The van der Waals surface area contributed by atoms with Crippen molar-refractivity contribution < 1.29 is 9.18 Å². The fourth-order valence-corrected chi connectivity index (χ4v) is 1.88. The van der Waals surface area contributed by atoms with Gasteiger partial charge in [-0.15, -0.1) is 0 Å². The number of benzene rings is 1. The van der Waals surface area contributed by atoms with Gasteiger partial charge in [-0.05, 0) is 38.0 Å². The molecule has 0 fully saturated rings. The van der Waals surface area contributed by atoms with Gasteiger partial charge < -0.3 is 10.6 Å². The Morgan fingerprint density at radius 2 is 2.11 bits per heavy atom. The van der Waals surface area contributed by atoms with E-state index < -0.39 is 0 Å². The Hall–Kier alpha value is -1.42. The van der Waals surface area contributed by atoms with Crippen molar-refractivity contribution in [2.45, 2.75) is 52.2 Å². The Morgan fingerprint density at radius 3 is 2.74 bits per heavy atom. The van der Waals surface area contributed by atoms with Crippen LogP contribution in [0.15, 0.2) is 24.3 Å². The molecule has 0 aliphatic rings. The molecule has 1 rings (SSSR count). The van der Waals surface area contributed by atoms with E-state index in [-0.39, 0.29) is 23.8 Å². The number of halogens is 1. The van der Waals surface area contributed by atoms with E-state index in [1.807, 2.05) is 19.9 Å². The Balaban J connectivity index is 2.38. The third kappa shape index (κ3) is 5.83. The van der Waals surface area contributed by atoms with Gasteiger partial charge in [0, 0.05) is 12.6 Å². The lowest BCUT2D eigenvalue weighted by molar-refractivity contribution is -0.123. The molecule has 0 aliphatic heterocycles. The second-order valence-electron chi connectivity index (χ2n) is 4.93. The average molecular weight is 266 g/mol. The van der Waals surface area contributed by atoms with Crippen molar-refractivity contribution in [2.24, 2.45) is 0 Å². The normalized spacial score (nSPS) is 13.9. The molecule has 1 aromatic rings. The Labute approximate surface area is 114 Å². The zero-order valence-corrected chi connectivity index (χ0v) is 11.9. The first-order valence-corrected chi connectivity index (χ1v) is 6.81. The highest BCUT2D eigenvalue weighted by atomic mass is 19.1. The number of carbonyl (C=O) groups excluding carboxylic acids is 1. The van der Waals surface area contributed by atoms with E-state index in [1.165, 1.54) is 12.1 Å². The lowest BCUT2D eigenvalue weighted by Crippen LogP contribution is -2.45. The number of amides is 1. The van der Waals surface area contributed by atoms with Crippen LogP contribution in [0.3, 0.4) is 0 Å². The Bertz CT molecular complexity index is 409. The highest BCUT2D eigenvalue weighted by molar-refractivity contribution is 5.81. The van der Waals surface area contributed by atoms with Crippen LogP contribution in [-0.2, 0) is 11.3 Å². The second-order valence-corrected chi connectivity index (χ2v) is 4.93. The summed E-state index contributed by atoms with van der Waals surface area (Å²) >= 11 is 0. The van der Waals surface area contributed by atoms with Crippen LogP contribution in [0.5, 0.6) is 0 Å². The molecule has 0 radical (unpaired) electrons. The Kier molecular flexibility index (Phi) is 6.50. The van der Waals surface area contributed by atoms with Gasteiger partial charge in [-0.25, -0.2) is 4.39 Å². The second kappa shape index (κ2) is 7.89. The monoisotopic (exact) mass is 266 g/mol. The van der Waals surface area contributed by atoms with Crippen LogP contribution in [0.25, 0.3) is 0 Å². The molecule has 2 N–H and O–H groups in total. The molecule has 2 atom stereocenters. The predicted octanol–water partition coefficient (Wildman–Crippen LogP) is 2.61. The van der Waals surface area contributed by atoms with Crippen molar-refractivity contribution in [2.75, 3.05) is 0 Å². The summed E-state index contributed by atoms with van der Waals surface area (Å²) in [7, 11) is 0. The molecule has 0 bridgehead atoms. The van der Waals surface area contributed by atoms with Crippen molar-refractivity contribution in [1.29, 1.82) is 0 Å². The maximum Gasteiger partial charge on any atom is 0.237 e. The molecule has 0 heterocycles. The summed E-state index contributed by atoms with van der Waals surface area (Å²) in [6.45, 7) is 6.39. The van der Waals surface area contributed by atoms with E-state index in [9.17, 15) is 9.18 Å². The fourth-order valence-electron chi connectivity index (χ4n) is 1.88. The third-order valence-corrected chi connectivity index (χ3v) is 3.01. The summed E-state index contributed by atoms with van der Waals surface area (Å²) < 4.78 is 13.0. The van der Waals surface area contributed by atoms with Gasteiger partial charge in [0.15, 0.2) is 0 Å². The summed E-state index contributed by atoms with van der Waals surface area (Å²) in [6.07, 6.45) is 2.02. The zero-order valence-electron chi connectivity index (χ0n) is 11.9. The van der Waals surface area contributed by atoms with Crippen LogP contribution < -0.4 is 10.6 Å². The third-order valence-electron chi connectivity index (χ3n) is 3.01. The van der Waals surface area contributed by atoms with Gasteiger partial charge in [-0.3, -0.25) is 4.79 Å². The van der Waals surface area contributed by atoms with E-state index in [0.717, 1.165) is 18.4 Å². The minimum absolute atomic E-state index is 0.0163. The summed E-state index contributed by atoms with van der Waals surface area (Å²) in [5, 5.41) is 6.05. The highest BCUT2D eigenvalue weighted by Crippen LogP contribution is 2.03. The van der Waals surface area contributed by atoms with Crippen LogP contribution in [0.2, 0.25) is 0 Å². The van der Waals surface area contributed by atoms with E-state index >= 15 is 0 Å². The lowest BCUT2D eigenvalue weighted by atomic mass is 10.1. The van der Waals surface area contributed by atoms with Gasteiger partial charge in [-0.2, -0.15) is 0 Å². The molecule has 19 heavy (non-hydrogen) atoms. The zero-order chi connectivity index (χ0) is 14.3. The molecule has 1 amide bonds. The largest absolute Gasteiger partial charge is 0.352 e. The van der Waals surface area contributed by atoms with Crippen LogP contribution >= 0.6 is 0 Å². The minimum atomic E-state index is -0.289. The molecular formula is C15H23FN2O. The quantitative estimate of drug-likeness (QED) is 0.796. The van der Waals surface area contributed by atoms with Gasteiger partial charge >= 0.3 is 0 Å². The van der Waals surface area contributed by atoms with Crippen LogP contribution in [-0.4, -0.2) is 18.0 Å². The SMILES string of the molecule is CCCC(C)NC(=O)C(C)NCc1cccc(F)c1. The molecular weight excluding hydrogens is 243 g/mol. The highest BCUT2D eigenvalue weighted by Gasteiger charge is 2.14. The van der Waals surface area contributed by atoms with E-state index in [0.29, 0.717) is 6.54 Å². The summed E-state index contributed by atoms with van der Waals surface area (Å²) in [6, 6.07) is 6.28. The Morgan fingerprint density at radius 1 is 1.37 bits per heavy atom. The predicted molar refractivity (Wildman–Crippen MR) is 75.2 cm³/mol. The van der Waals surface area contributed by atoms with Gasteiger partial charge in [0.2, 0.25) is 5.91 Å². The van der Waals surface area contributed by atoms with Crippen molar-refractivity contribution in [3.05, 3.63) is 35.6 Å².